The minimum absolute atomic E-state index is 0.232. The fourth-order valence-corrected chi connectivity index (χ4v) is 2.10. The van der Waals surface area contributed by atoms with Gasteiger partial charge in [-0.2, -0.15) is 0 Å². The molecule has 0 aromatic heterocycles. The molecule has 0 aliphatic rings. The Morgan fingerprint density at radius 2 is 1.83 bits per heavy atom. The largest absolute Gasteiger partial charge is 0.322 e. The van der Waals surface area contributed by atoms with E-state index in [4.69, 9.17) is 11.6 Å². The second kappa shape index (κ2) is 5.78. The van der Waals surface area contributed by atoms with Gasteiger partial charge in [0.1, 0.15) is 0 Å². The number of rotatable bonds is 2. The summed E-state index contributed by atoms with van der Waals surface area (Å²) in [6.07, 6.45) is 0. The number of thiol groups is 1. The number of halogens is 2. The van der Waals surface area contributed by atoms with Crippen LogP contribution in [-0.2, 0) is 0 Å². The zero-order valence-electron chi connectivity index (χ0n) is 9.15. The lowest BCUT2D eigenvalue weighted by molar-refractivity contribution is 0.102. The summed E-state index contributed by atoms with van der Waals surface area (Å²) in [6, 6.07) is 12.3. The van der Waals surface area contributed by atoms with Crippen LogP contribution in [0.5, 0.6) is 0 Å². The van der Waals surface area contributed by atoms with E-state index in [0.29, 0.717) is 15.5 Å². The fraction of sp³-hybridized carbons (Fsp3) is 0. The Bertz CT molecular complexity index is 586. The lowest BCUT2D eigenvalue weighted by Crippen LogP contribution is -2.12. The topological polar surface area (TPSA) is 29.1 Å². The van der Waals surface area contributed by atoms with Gasteiger partial charge in [-0.1, -0.05) is 27.5 Å². The Morgan fingerprint density at radius 3 is 2.50 bits per heavy atom. The molecule has 2 aromatic rings. The third-order valence-corrected chi connectivity index (χ3v) is 3.46. The molecule has 2 nitrogen and oxygen atoms in total. The summed E-state index contributed by atoms with van der Waals surface area (Å²) in [4.78, 5) is 12.6. The molecule has 0 radical (unpaired) electrons. The van der Waals surface area contributed by atoms with Gasteiger partial charge in [0.25, 0.3) is 5.91 Å². The van der Waals surface area contributed by atoms with Crippen molar-refractivity contribution in [2.45, 2.75) is 4.90 Å². The zero-order valence-corrected chi connectivity index (χ0v) is 12.4. The molecule has 1 N–H and O–H groups in total. The van der Waals surface area contributed by atoms with E-state index < -0.39 is 0 Å². The average molecular weight is 343 g/mol. The summed E-state index contributed by atoms with van der Waals surface area (Å²) in [5, 5.41) is 3.29. The SMILES string of the molecule is O=C(Nc1ccc(Br)cc1)c1cc(Cl)ccc1S. The summed E-state index contributed by atoms with van der Waals surface area (Å²) in [5.74, 6) is -0.232. The van der Waals surface area contributed by atoms with Gasteiger partial charge in [-0.05, 0) is 42.5 Å². The zero-order chi connectivity index (χ0) is 13.1. The number of hydrogen-bond acceptors (Lipinski definition) is 2. The first-order valence-electron chi connectivity index (χ1n) is 5.12. The fourth-order valence-electron chi connectivity index (χ4n) is 1.42. The Hall–Kier alpha value is -0.970. The number of benzene rings is 2. The van der Waals surface area contributed by atoms with Gasteiger partial charge in [-0.25, -0.2) is 0 Å². The Labute approximate surface area is 124 Å². The van der Waals surface area contributed by atoms with Crippen molar-refractivity contribution >= 4 is 51.8 Å². The molecule has 2 aromatic carbocycles. The highest BCUT2D eigenvalue weighted by Crippen LogP contribution is 2.21. The van der Waals surface area contributed by atoms with Crippen molar-refractivity contribution in [3.05, 3.63) is 57.5 Å². The van der Waals surface area contributed by atoms with Crippen LogP contribution in [0.1, 0.15) is 10.4 Å². The third-order valence-electron chi connectivity index (χ3n) is 2.31. The van der Waals surface area contributed by atoms with Crippen molar-refractivity contribution in [2.24, 2.45) is 0 Å². The minimum atomic E-state index is -0.232. The van der Waals surface area contributed by atoms with Crippen LogP contribution in [0.25, 0.3) is 0 Å². The van der Waals surface area contributed by atoms with Crippen LogP contribution < -0.4 is 5.32 Å². The molecule has 0 spiro atoms. The van der Waals surface area contributed by atoms with Crippen molar-refractivity contribution in [2.75, 3.05) is 5.32 Å². The number of hydrogen-bond donors (Lipinski definition) is 2. The highest BCUT2D eigenvalue weighted by molar-refractivity contribution is 9.10. The lowest BCUT2D eigenvalue weighted by atomic mass is 10.2. The van der Waals surface area contributed by atoms with Crippen LogP contribution in [0.15, 0.2) is 51.8 Å². The van der Waals surface area contributed by atoms with E-state index in [-0.39, 0.29) is 5.91 Å². The molecule has 0 aliphatic carbocycles. The highest BCUT2D eigenvalue weighted by Gasteiger charge is 2.10. The second-order valence-electron chi connectivity index (χ2n) is 3.62. The molecule has 92 valence electrons. The molecule has 0 atom stereocenters. The minimum Gasteiger partial charge on any atom is -0.322 e. The third kappa shape index (κ3) is 3.28. The first-order valence-corrected chi connectivity index (χ1v) is 6.73. The van der Waals surface area contributed by atoms with Crippen LogP contribution >= 0.6 is 40.2 Å². The van der Waals surface area contributed by atoms with E-state index in [2.05, 4.69) is 33.9 Å². The normalized spacial score (nSPS) is 10.2. The average Bonchev–Trinajstić information content (AvgIpc) is 2.35. The predicted octanol–water partition coefficient (Wildman–Crippen LogP) is 4.64. The standard InChI is InChI=1S/C13H9BrClNOS/c14-8-1-4-10(5-2-8)16-13(17)11-7-9(15)3-6-12(11)18/h1-7,18H,(H,16,17). The van der Waals surface area contributed by atoms with Crippen LogP contribution in [0, 0.1) is 0 Å². The molecular formula is C13H9BrClNOS. The van der Waals surface area contributed by atoms with Crippen molar-refractivity contribution in [3.63, 3.8) is 0 Å². The summed E-state index contributed by atoms with van der Waals surface area (Å²) in [5.41, 5.74) is 1.17. The van der Waals surface area contributed by atoms with E-state index in [0.717, 1.165) is 10.2 Å². The molecule has 0 unspecified atom stereocenters. The van der Waals surface area contributed by atoms with Gasteiger partial charge in [0.2, 0.25) is 0 Å². The Balaban J connectivity index is 2.21. The number of carbonyl (C=O) groups excluding carboxylic acids is 1. The highest BCUT2D eigenvalue weighted by atomic mass is 79.9. The van der Waals surface area contributed by atoms with Crippen LogP contribution in [0.3, 0.4) is 0 Å². The van der Waals surface area contributed by atoms with Gasteiger partial charge in [-0.3, -0.25) is 4.79 Å². The molecule has 0 saturated heterocycles. The lowest BCUT2D eigenvalue weighted by Gasteiger charge is -2.07. The molecule has 5 heteroatoms. The number of amides is 1. The summed E-state index contributed by atoms with van der Waals surface area (Å²) in [7, 11) is 0. The molecule has 0 aliphatic heterocycles. The maximum absolute atomic E-state index is 12.0. The molecule has 18 heavy (non-hydrogen) atoms. The Morgan fingerprint density at radius 1 is 1.17 bits per heavy atom. The van der Waals surface area contributed by atoms with Gasteiger partial charge >= 0.3 is 0 Å². The molecular weight excluding hydrogens is 334 g/mol. The van der Waals surface area contributed by atoms with Gasteiger partial charge in [0.15, 0.2) is 0 Å². The first kappa shape index (κ1) is 13.5. The van der Waals surface area contributed by atoms with Gasteiger partial charge in [0.05, 0.1) is 5.56 Å². The molecule has 0 saturated carbocycles. The maximum atomic E-state index is 12.0. The van der Waals surface area contributed by atoms with Crippen molar-refractivity contribution in [1.29, 1.82) is 0 Å². The van der Waals surface area contributed by atoms with Gasteiger partial charge < -0.3 is 5.32 Å². The first-order chi connectivity index (χ1) is 8.56. The molecule has 0 bridgehead atoms. The number of anilines is 1. The van der Waals surface area contributed by atoms with E-state index in [1.807, 2.05) is 24.3 Å². The molecule has 0 fully saturated rings. The van der Waals surface area contributed by atoms with Crippen LogP contribution in [0.2, 0.25) is 5.02 Å². The molecule has 2 rings (SSSR count). The van der Waals surface area contributed by atoms with Crippen molar-refractivity contribution < 1.29 is 4.79 Å². The molecule has 0 heterocycles. The summed E-state index contributed by atoms with van der Waals surface area (Å²) < 4.78 is 0.957. The van der Waals surface area contributed by atoms with Crippen LogP contribution in [-0.4, -0.2) is 5.91 Å². The quantitative estimate of drug-likeness (QED) is 0.765. The smallest absolute Gasteiger partial charge is 0.256 e. The molecule has 1 amide bonds. The maximum Gasteiger partial charge on any atom is 0.256 e. The monoisotopic (exact) mass is 341 g/mol. The number of carbonyl (C=O) groups is 1. The van der Waals surface area contributed by atoms with E-state index in [1.54, 1.807) is 18.2 Å². The second-order valence-corrected chi connectivity index (χ2v) is 5.46. The Kier molecular flexibility index (Phi) is 4.32. The van der Waals surface area contributed by atoms with E-state index in [1.165, 1.54) is 0 Å². The van der Waals surface area contributed by atoms with Crippen molar-refractivity contribution in [3.8, 4) is 0 Å². The van der Waals surface area contributed by atoms with Gasteiger partial charge in [0, 0.05) is 20.1 Å². The van der Waals surface area contributed by atoms with Crippen LogP contribution in [0.4, 0.5) is 5.69 Å². The number of nitrogens with one attached hydrogen (secondary N) is 1. The van der Waals surface area contributed by atoms with E-state index in [9.17, 15) is 4.79 Å². The van der Waals surface area contributed by atoms with Crippen molar-refractivity contribution in [1.82, 2.24) is 0 Å². The van der Waals surface area contributed by atoms with E-state index >= 15 is 0 Å². The summed E-state index contributed by atoms with van der Waals surface area (Å²) >= 11 is 13.4. The predicted molar refractivity (Wildman–Crippen MR) is 80.8 cm³/mol. The van der Waals surface area contributed by atoms with Gasteiger partial charge in [-0.15, -0.1) is 12.6 Å². The summed E-state index contributed by atoms with van der Waals surface area (Å²) in [6.45, 7) is 0.